The predicted octanol–water partition coefficient (Wildman–Crippen LogP) is 2.28. The van der Waals surface area contributed by atoms with Gasteiger partial charge in [-0.2, -0.15) is 0 Å². The first-order valence-electron chi connectivity index (χ1n) is 6.19. The van der Waals surface area contributed by atoms with E-state index in [9.17, 15) is 4.79 Å². The van der Waals surface area contributed by atoms with E-state index in [0.29, 0.717) is 24.1 Å². The number of esters is 1. The van der Waals surface area contributed by atoms with Gasteiger partial charge in [0.25, 0.3) is 0 Å². The van der Waals surface area contributed by atoms with Gasteiger partial charge in [-0.25, -0.2) is 4.79 Å². The third-order valence-electron chi connectivity index (χ3n) is 3.14. The lowest BCUT2D eigenvalue weighted by atomic mass is 10.0. The molecule has 3 heteroatoms. The predicted molar refractivity (Wildman–Crippen MR) is 65.2 cm³/mol. The van der Waals surface area contributed by atoms with Gasteiger partial charge in [0.1, 0.15) is 0 Å². The monoisotopic (exact) mass is 225 g/mol. The van der Waals surface area contributed by atoms with Gasteiger partial charge >= 0.3 is 5.97 Å². The van der Waals surface area contributed by atoms with Crippen LogP contribution in [0.5, 0.6) is 0 Å². The molecule has 0 atom stereocenters. The molecule has 0 unspecified atom stereocenters. The van der Waals surface area contributed by atoms with Crippen LogP contribution in [0.1, 0.15) is 39.5 Å². The van der Waals surface area contributed by atoms with Gasteiger partial charge in [0.15, 0.2) is 0 Å². The minimum atomic E-state index is -0.282. The Bertz CT molecular complexity index is 257. The molecule has 0 aromatic rings. The second kappa shape index (κ2) is 6.04. The van der Waals surface area contributed by atoms with Crippen LogP contribution in [0.15, 0.2) is 12.2 Å². The van der Waals surface area contributed by atoms with Crippen molar-refractivity contribution in [2.45, 2.75) is 39.5 Å². The van der Waals surface area contributed by atoms with Crippen LogP contribution >= 0.6 is 0 Å². The Morgan fingerprint density at radius 1 is 1.44 bits per heavy atom. The molecular weight excluding hydrogens is 202 g/mol. The topological polar surface area (TPSA) is 38.3 Å². The molecule has 0 aliphatic heterocycles. The van der Waals surface area contributed by atoms with E-state index in [4.69, 9.17) is 4.74 Å². The first-order valence-corrected chi connectivity index (χ1v) is 6.19. The molecule has 0 aromatic heterocycles. The largest absolute Gasteiger partial charge is 0.463 e. The van der Waals surface area contributed by atoms with Crippen LogP contribution < -0.4 is 5.32 Å². The fourth-order valence-electron chi connectivity index (χ4n) is 2.01. The van der Waals surface area contributed by atoms with Crippen LogP contribution in [0, 0.1) is 5.41 Å². The van der Waals surface area contributed by atoms with E-state index in [2.05, 4.69) is 18.8 Å². The highest BCUT2D eigenvalue weighted by atomic mass is 16.5. The lowest BCUT2D eigenvalue weighted by molar-refractivity contribution is -0.138. The van der Waals surface area contributed by atoms with Crippen LogP contribution in [0.2, 0.25) is 0 Å². The Balaban J connectivity index is 2.15. The zero-order chi connectivity index (χ0) is 12.0. The van der Waals surface area contributed by atoms with E-state index in [1.165, 1.54) is 25.7 Å². The summed E-state index contributed by atoms with van der Waals surface area (Å²) in [7, 11) is 0. The zero-order valence-electron chi connectivity index (χ0n) is 10.5. The quantitative estimate of drug-likeness (QED) is 0.509. The van der Waals surface area contributed by atoms with Gasteiger partial charge < -0.3 is 10.1 Å². The number of ether oxygens (including phenoxy) is 1. The van der Waals surface area contributed by atoms with Gasteiger partial charge in [0, 0.05) is 18.7 Å². The Kier molecular flexibility index (Phi) is 5.00. The lowest BCUT2D eigenvalue weighted by Gasteiger charge is -2.15. The van der Waals surface area contributed by atoms with Crippen molar-refractivity contribution in [1.29, 1.82) is 0 Å². The van der Waals surface area contributed by atoms with Crippen LogP contribution in [-0.4, -0.2) is 25.7 Å². The summed E-state index contributed by atoms with van der Waals surface area (Å²) < 4.78 is 4.87. The zero-order valence-corrected chi connectivity index (χ0v) is 10.5. The summed E-state index contributed by atoms with van der Waals surface area (Å²) in [5.41, 5.74) is 1.04. The van der Waals surface area contributed by atoms with Crippen molar-refractivity contribution in [3.8, 4) is 0 Å². The fourth-order valence-corrected chi connectivity index (χ4v) is 2.01. The molecule has 0 bridgehead atoms. The third-order valence-corrected chi connectivity index (χ3v) is 3.14. The number of carbonyl (C=O) groups excluding carboxylic acids is 1. The van der Waals surface area contributed by atoms with E-state index in [0.717, 1.165) is 6.54 Å². The Morgan fingerprint density at radius 2 is 2.12 bits per heavy atom. The molecule has 1 aliphatic rings. The van der Waals surface area contributed by atoms with Crippen LogP contribution in [0.4, 0.5) is 0 Å². The van der Waals surface area contributed by atoms with Gasteiger partial charge in [-0.1, -0.05) is 19.9 Å². The van der Waals surface area contributed by atoms with E-state index < -0.39 is 0 Å². The summed E-state index contributed by atoms with van der Waals surface area (Å²) in [5.74, 6) is -0.282. The standard InChI is InChI=1S/C13H23NO2/c1-4-6-13(7-8-13)10-14-9-11(3)12(15)16-5-2/h14H,3-10H2,1-2H3. The van der Waals surface area contributed by atoms with Crippen LogP contribution in [-0.2, 0) is 9.53 Å². The molecule has 1 N–H and O–H groups in total. The molecule has 0 amide bonds. The van der Waals surface area contributed by atoms with Crippen molar-refractivity contribution in [2.24, 2.45) is 5.41 Å². The van der Waals surface area contributed by atoms with E-state index >= 15 is 0 Å². The Morgan fingerprint density at radius 3 is 2.62 bits per heavy atom. The molecule has 1 saturated carbocycles. The Hall–Kier alpha value is -0.830. The van der Waals surface area contributed by atoms with Gasteiger partial charge in [0.2, 0.25) is 0 Å². The average molecular weight is 225 g/mol. The van der Waals surface area contributed by atoms with Crippen LogP contribution in [0.3, 0.4) is 0 Å². The number of rotatable bonds is 8. The fraction of sp³-hybridized carbons (Fsp3) is 0.769. The number of nitrogens with one attached hydrogen (secondary N) is 1. The van der Waals surface area contributed by atoms with Crippen molar-refractivity contribution in [3.63, 3.8) is 0 Å². The molecule has 1 rings (SSSR count). The molecule has 0 radical (unpaired) electrons. The number of hydrogen-bond donors (Lipinski definition) is 1. The smallest absolute Gasteiger partial charge is 0.334 e. The van der Waals surface area contributed by atoms with Gasteiger partial charge in [-0.05, 0) is 31.6 Å². The summed E-state index contributed by atoms with van der Waals surface area (Å²) in [4.78, 5) is 11.3. The maximum Gasteiger partial charge on any atom is 0.334 e. The molecule has 0 saturated heterocycles. The molecule has 92 valence electrons. The maximum absolute atomic E-state index is 11.3. The summed E-state index contributed by atoms with van der Waals surface area (Å²) in [6, 6.07) is 0. The molecule has 0 heterocycles. The maximum atomic E-state index is 11.3. The van der Waals surface area contributed by atoms with Crippen molar-refractivity contribution >= 4 is 5.97 Å². The summed E-state index contributed by atoms with van der Waals surface area (Å²) in [5, 5.41) is 3.31. The summed E-state index contributed by atoms with van der Waals surface area (Å²) in [6.45, 7) is 9.71. The second-order valence-corrected chi connectivity index (χ2v) is 4.68. The highest BCUT2D eigenvalue weighted by Gasteiger charge is 2.40. The van der Waals surface area contributed by atoms with E-state index in [-0.39, 0.29) is 5.97 Å². The minimum Gasteiger partial charge on any atom is -0.463 e. The molecule has 1 fully saturated rings. The molecular formula is C13H23NO2. The van der Waals surface area contributed by atoms with Gasteiger partial charge in [0.05, 0.1) is 6.61 Å². The first kappa shape index (κ1) is 13.2. The molecule has 16 heavy (non-hydrogen) atoms. The number of carbonyl (C=O) groups is 1. The molecule has 0 aromatic carbocycles. The van der Waals surface area contributed by atoms with Crippen molar-refractivity contribution < 1.29 is 9.53 Å². The van der Waals surface area contributed by atoms with Crippen molar-refractivity contribution in [3.05, 3.63) is 12.2 Å². The minimum absolute atomic E-state index is 0.282. The normalized spacial score (nSPS) is 16.9. The summed E-state index contributed by atoms with van der Waals surface area (Å²) in [6.07, 6.45) is 5.16. The van der Waals surface area contributed by atoms with Crippen molar-refractivity contribution in [2.75, 3.05) is 19.7 Å². The first-order chi connectivity index (χ1) is 7.63. The lowest BCUT2D eigenvalue weighted by Crippen LogP contribution is -2.28. The SMILES string of the molecule is C=C(CNCC1(CCC)CC1)C(=O)OCC. The Labute approximate surface area is 98.2 Å². The molecule has 3 nitrogen and oxygen atoms in total. The average Bonchev–Trinajstić information content (AvgIpc) is 2.99. The van der Waals surface area contributed by atoms with E-state index in [1.54, 1.807) is 6.92 Å². The highest BCUT2D eigenvalue weighted by molar-refractivity contribution is 5.88. The third kappa shape index (κ3) is 3.97. The molecule has 0 spiro atoms. The van der Waals surface area contributed by atoms with Crippen molar-refractivity contribution in [1.82, 2.24) is 5.32 Å². The molecule has 1 aliphatic carbocycles. The van der Waals surface area contributed by atoms with Gasteiger partial charge in [-0.15, -0.1) is 0 Å². The highest BCUT2D eigenvalue weighted by Crippen LogP contribution is 2.48. The number of hydrogen-bond acceptors (Lipinski definition) is 3. The second-order valence-electron chi connectivity index (χ2n) is 4.68. The van der Waals surface area contributed by atoms with Gasteiger partial charge in [-0.3, -0.25) is 0 Å². The van der Waals surface area contributed by atoms with Crippen LogP contribution in [0.25, 0.3) is 0 Å². The summed E-state index contributed by atoms with van der Waals surface area (Å²) >= 11 is 0. The van der Waals surface area contributed by atoms with E-state index in [1.807, 2.05) is 0 Å².